The molecule has 0 spiro atoms. The topological polar surface area (TPSA) is 42.4 Å². The minimum atomic E-state index is 0.243. The van der Waals surface area contributed by atoms with Gasteiger partial charge in [-0.2, -0.15) is 0 Å². The zero-order valence-electron chi connectivity index (χ0n) is 7.97. The Kier molecular flexibility index (Phi) is 2.79. The van der Waals surface area contributed by atoms with Gasteiger partial charge in [-0.25, -0.2) is 4.98 Å². The van der Waals surface area contributed by atoms with Gasteiger partial charge in [0, 0.05) is 13.1 Å². The number of carbonyl (C=O) groups is 1. The molecule has 1 saturated heterocycles. The highest BCUT2D eigenvalue weighted by molar-refractivity contribution is 7.17. The molecule has 0 saturated carbocycles. The maximum absolute atomic E-state index is 10.5. The van der Waals surface area contributed by atoms with E-state index in [1.165, 1.54) is 11.3 Å². The summed E-state index contributed by atoms with van der Waals surface area (Å²) in [6, 6.07) is 0. The third-order valence-electron chi connectivity index (χ3n) is 2.14. The predicted molar refractivity (Wildman–Crippen MR) is 55.1 cm³/mol. The number of hydrogen-bond acceptors (Lipinski definition) is 5. The van der Waals surface area contributed by atoms with Gasteiger partial charge in [0.25, 0.3) is 0 Å². The molecule has 4 nitrogen and oxygen atoms in total. The molecule has 2 rings (SSSR count). The first-order valence-corrected chi connectivity index (χ1v) is 5.39. The third-order valence-corrected chi connectivity index (χ3v) is 3.12. The van der Waals surface area contributed by atoms with Crippen molar-refractivity contribution in [3.8, 4) is 0 Å². The van der Waals surface area contributed by atoms with Gasteiger partial charge in [0.15, 0.2) is 11.4 Å². The Morgan fingerprint density at radius 2 is 2.64 bits per heavy atom. The number of aromatic nitrogens is 1. The van der Waals surface area contributed by atoms with Gasteiger partial charge in [0.05, 0.1) is 23.8 Å². The Bertz CT molecular complexity index is 326. The van der Waals surface area contributed by atoms with Gasteiger partial charge < -0.3 is 9.64 Å². The summed E-state index contributed by atoms with van der Waals surface area (Å²) in [5.41, 5.74) is 0. The molecule has 1 atom stereocenters. The number of anilines is 1. The van der Waals surface area contributed by atoms with Crippen LogP contribution in [0.1, 0.15) is 16.6 Å². The van der Waals surface area contributed by atoms with E-state index in [0.29, 0.717) is 4.88 Å². The van der Waals surface area contributed by atoms with Crippen LogP contribution < -0.4 is 4.90 Å². The van der Waals surface area contributed by atoms with Crippen molar-refractivity contribution in [3.05, 3.63) is 11.1 Å². The first-order valence-electron chi connectivity index (χ1n) is 4.57. The number of rotatable bonds is 2. The van der Waals surface area contributed by atoms with Crippen LogP contribution in [0.5, 0.6) is 0 Å². The van der Waals surface area contributed by atoms with E-state index < -0.39 is 0 Å². The van der Waals surface area contributed by atoms with E-state index in [9.17, 15) is 4.79 Å². The third kappa shape index (κ3) is 1.93. The Hall–Kier alpha value is -0.940. The second-order valence-corrected chi connectivity index (χ2v) is 4.33. The molecule has 1 fully saturated rings. The van der Waals surface area contributed by atoms with Crippen LogP contribution in [0.3, 0.4) is 0 Å². The van der Waals surface area contributed by atoms with Crippen LogP contribution in [0.2, 0.25) is 0 Å². The van der Waals surface area contributed by atoms with Crippen molar-refractivity contribution in [1.82, 2.24) is 4.98 Å². The minimum Gasteiger partial charge on any atom is -0.375 e. The molecular weight excluding hydrogens is 200 g/mol. The van der Waals surface area contributed by atoms with Crippen molar-refractivity contribution in [2.45, 2.75) is 13.0 Å². The molecule has 5 heteroatoms. The fourth-order valence-electron chi connectivity index (χ4n) is 1.47. The van der Waals surface area contributed by atoms with Crippen LogP contribution in [-0.2, 0) is 4.74 Å². The molecule has 1 aliphatic rings. The number of nitrogens with zero attached hydrogens (tertiary/aromatic N) is 2. The summed E-state index contributed by atoms with van der Waals surface area (Å²) >= 11 is 1.43. The fourth-order valence-corrected chi connectivity index (χ4v) is 2.23. The van der Waals surface area contributed by atoms with Crippen LogP contribution in [0.25, 0.3) is 0 Å². The van der Waals surface area contributed by atoms with Gasteiger partial charge in [-0.05, 0) is 6.92 Å². The lowest BCUT2D eigenvalue weighted by Gasteiger charge is -2.30. The molecule has 0 radical (unpaired) electrons. The Balaban J connectivity index is 2.09. The molecule has 0 N–H and O–H groups in total. The zero-order chi connectivity index (χ0) is 9.97. The van der Waals surface area contributed by atoms with E-state index in [2.05, 4.69) is 9.88 Å². The second-order valence-electron chi connectivity index (χ2n) is 3.29. The summed E-state index contributed by atoms with van der Waals surface area (Å²) in [6.45, 7) is 4.49. The summed E-state index contributed by atoms with van der Waals surface area (Å²) in [7, 11) is 0. The van der Waals surface area contributed by atoms with Gasteiger partial charge >= 0.3 is 0 Å². The Morgan fingerprint density at radius 1 is 1.79 bits per heavy atom. The molecule has 1 aromatic rings. The van der Waals surface area contributed by atoms with Gasteiger partial charge in [0.2, 0.25) is 0 Å². The number of carbonyl (C=O) groups excluding carboxylic acids is 1. The molecule has 0 aromatic carbocycles. The standard InChI is InChI=1S/C9H12N2O2S/c1-7-5-11(2-3-13-7)9-10-4-8(6-12)14-9/h4,6-7H,2-3,5H2,1H3. The van der Waals surface area contributed by atoms with Crippen molar-refractivity contribution >= 4 is 22.8 Å². The van der Waals surface area contributed by atoms with Crippen molar-refractivity contribution in [1.29, 1.82) is 0 Å². The van der Waals surface area contributed by atoms with E-state index in [4.69, 9.17) is 4.74 Å². The highest BCUT2D eigenvalue weighted by atomic mass is 32.1. The lowest BCUT2D eigenvalue weighted by atomic mass is 10.3. The first-order chi connectivity index (χ1) is 6.79. The maximum atomic E-state index is 10.5. The van der Waals surface area contributed by atoms with Crippen molar-refractivity contribution in [3.63, 3.8) is 0 Å². The highest BCUT2D eigenvalue weighted by Crippen LogP contribution is 2.22. The first kappa shape index (κ1) is 9.61. The normalized spacial score (nSPS) is 22.4. The van der Waals surface area contributed by atoms with Crippen LogP contribution in [0.15, 0.2) is 6.20 Å². The summed E-state index contributed by atoms with van der Waals surface area (Å²) in [5.74, 6) is 0. The molecule has 1 aromatic heterocycles. The molecule has 1 unspecified atom stereocenters. The van der Waals surface area contributed by atoms with E-state index >= 15 is 0 Å². The van der Waals surface area contributed by atoms with E-state index in [1.54, 1.807) is 6.20 Å². The summed E-state index contributed by atoms with van der Waals surface area (Å²) < 4.78 is 5.43. The van der Waals surface area contributed by atoms with Crippen molar-refractivity contribution in [2.24, 2.45) is 0 Å². The monoisotopic (exact) mass is 212 g/mol. The van der Waals surface area contributed by atoms with E-state index in [0.717, 1.165) is 31.1 Å². The molecule has 14 heavy (non-hydrogen) atoms. The number of aldehydes is 1. The number of ether oxygens (including phenoxy) is 1. The van der Waals surface area contributed by atoms with Crippen LogP contribution in [0.4, 0.5) is 5.13 Å². The maximum Gasteiger partial charge on any atom is 0.186 e. The lowest BCUT2D eigenvalue weighted by Crippen LogP contribution is -2.41. The smallest absolute Gasteiger partial charge is 0.186 e. The molecule has 0 aliphatic carbocycles. The molecule has 0 amide bonds. The fraction of sp³-hybridized carbons (Fsp3) is 0.556. The van der Waals surface area contributed by atoms with Crippen molar-refractivity contribution < 1.29 is 9.53 Å². The minimum absolute atomic E-state index is 0.243. The average molecular weight is 212 g/mol. The average Bonchev–Trinajstić information content (AvgIpc) is 2.66. The van der Waals surface area contributed by atoms with Gasteiger partial charge in [-0.15, -0.1) is 0 Å². The highest BCUT2D eigenvalue weighted by Gasteiger charge is 2.19. The largest absolute Gasteiger partial charge is 0.375 e. The van der Waals surface area contributed by atoms with E-state index in [-0.39, 0.29) is 6.10 Å². The SMILES string of the molecule is CC1CN(c2ncc(C=O)s2)CCO1. The quantitative estimate of drug-likeness (QED) is 0.690. The lowest BCUT2D eigenvalue weighted by molar-refractivity contribution is 0.0532. The summed E-state index contributed by atoms with van der Waals surface area (Å²) in [4.78, 5) is 17.5. The van der Waals surface area contributed by atoms with Crippen molar-refractivity contribution in [2.75, 3.05) is 24.6 Å². The molecular formula is C9H12N2O2S. The molecule has 2 heterocycles. The predicted octanol–water partition coefficient (Wildman–Crippen LogP) is 1.18. The zero-order valence-corrected chi connectivity index (χ0v) is 8.79. The molecule has 76 valence electrons. The number of hydrogen-bond donors (Lipinski definition) is 0. The van der Waals surface area contributed by atoms with Crippen LogP contribution in [-0.4, -0.2) is 37.1 Å². The summed E-state index contributed by atoms with van der Waals surface area (Å²) in [6.07, 6.45) is 2.70. The van der Waals surface area contributed by atoms with Gasteiger partial charge in [0.1, 0.15) is 0 Å². The second kappa shape index (κ2) is 4.06. The molecule has 0 bridgehead atoms. The summed E-state index contributed by atoms with van der Waals surface area (Å²) in [5, 5.41) is 0.919. The van der Waals surface area contributed by atoms with Crippen LogP contribution in [0, 0.1) is 0 Å². The van der Waals surface area contributed by atoms with Crippen LogP contribution >= 0.6 is 11.3 Å². The number of morpholine rings is 1. The van der Waals surface area contributed by atoms with E-state index in [1.807, 2.05) is 6.92 Å². The molecule has 1 aliphatic heterocycles. The Morgan fingerprint density at radius 3 is 3.29 bits per heavy atom. The van der Waals surface area contributed by atoms with Gasteiger partial charge in [-0.3, -0.25) is 4.79 Å². The number of thiazole rings is 1. The Labute approximate surface area is 86.5 Å². The van der Waals surface area contributed by atoms with Gasteiger partial charge in [-0.1, -0.05) is 11.3 Å².